The number of carbonyl (C=O) groups is 2. The third-order valence-corrected chi connectivity index (χ3v) is 5.27. The molecule has 1 atom stereocenters. The number of ether oxygens (including phenoxy) is 3. The predicted molar refractivity (Wildman–Crippen MR) is 120 cm³/mol. The Labute approximate surface area is 193 Å². The van der Waals surface area contributed by atoms with Crippen molar-refractivity contribution in [2.45, 2.75) is 58.6 Å². The highest BCUT2D eigenvalue weighted by Gasteiger charge is 2.39. The van der Waals surface area contributed by atoms with E-state index in [0.717, 1.165) is 11.4 Å². The molecule has 176 valence electrons. The fraction of sp³-hybridized carbons (Fsp3) is 0.500. The van der Waals surface area contributed by atoms with Gasteiger partial charge >= 0.3 is 12.1 Å². The highest BCUT2D eigenvalue weighted by Crippen LogP contribution is 2.38. The Morgan fingerprint density at radius 3 is 2.45 bits per heavy atom. The zero-order valence-corrected chi connectivity index (χ0v) is 19.9. The number of rotatable bonds is 5. The third-order valence-electron chi connectivity index (χ3n) is 5.27. The summed E-state index contributed by atoms with van der Waals surface area (Å²) < 4.78 is 17.5. The normalized spacial score (nSPS) is 15.6. The molecular formula is C24H30N4O5. The number of amides is 1. The third kappa shape index (κ3) is 5.28. The van der Waals surface area contributed by atoms with Crippen LogP contribution in [0, 0.1) is 11.3 Å². The van der Waals surface area contributed by atoms with Crippen molar-refractivity contribution >= 4 is 12.1 Å². The monoisotopic (exact) mass is 454 g/mol. The minimum absolute atomic E-state index is 0.114. The van der Waals surface area contributed by atoms with Crippen molar-refractivity contribution in [2.75, 3.05) is 20.3 Å². The first-order valence-electron chi connectivity index (χ1n) is 10.9. The van der Waals surface area contributed by atoms with Crippen LogP contribution >= 0.6 is 0 Å². The molecule has 0 saturated heterocycles. The number of hydrogen-bond donors (Lipinski definition) is 0. The lowest BCUT2D eigenvalue weighted by molar-refractivity contribution is -0.143. The first-order valence-corrected chi connectivity index (χ1v) is 10.9. The number of fused-ring (bicyclic) bond motifs is 1. The largest absolute Gasteiger partial charge is 0.466 e. The van der Waals surface area contributed by atoms with Crippen molar-refractivity contribution in [3.8, 4) is 17.6 Å². The van der Waals surface area contributed by atoms with Crippen molar-refractivity contribution in [3.05, 3.63) is 41.1 Å². The molecule has 2 aromatic rings. The van der Waals surface area contributed by atoms with Gasteiger partial charge in [-0.15, -0.1) is 5.10 Å². The second-order valence-corrected chi connectivity index (χ2v) is 9.14. The van der Waals surface area contributed by atoms with Crippen LogP contribution in [0.5, 0.6) is 5.88 Å². The lowest BCUT2D eigenvalue weighted by Crippen LogP contribution is -2.42. The van der Waals surface area contributed by atoms with Gasteiger partial charge in [-0.3, -0.25) is 4.90 Å². The summed E-state index contributed by atoms with van der Waals surface area (Å²) in [6.45, 7) is 9.46. The van der Waals surface area contributed by atoms with Crippen molar-refractivity contribution in [2.24, 2.45) is 0 Å². The molecule has 1 aliphatic rings. The first kappa shape index (κ1) is 24.1. The van der Waals surface area contributed by atoms with E-state index in [-0.39, 0.29) is 19.0 Å². The molecule has 0 N–H and O–H groups in total. The van der Waals surface area contributed by atoms with Crippen LogP contribution in [0.25, 0.3) is 5.69 Å². The molecule has 0 fully saturated rings. The molecule has 0 saturated carbocycles. The number of esters is 1. The Kier molecular flexibility index (Phi) is 6.96. The molecule has 3 rings (SSSR count). The summed E-state index contributed by atoms with van der Waals surface area (Å²) >= 11 is 0. The maximum Gasteiger partial charge on any atom is 0.411 e. The zero-order chi connectivity index (χ0) is 24.3. The van der Waals surface area contributed by atoms with E-state index in [2.05, 4.69) is 29.8 Å². The number of nitrogens with zero attached hydrogens (tertiary/aromatic N) is 4. The minimum atomic E-state index is -0.972. The highest BCUT2D eigenvalue weighted by molar-refractivity contribution is 5.72. The van der Waals surface area contributed by atoms with Crippen LogP contribution in [0.4, 0.5) is 4.79 Å². The van der Waals surface area contributed by atoms with Crippen LogP contribution in [0.1, 0.15) is 63.4 Å². The quantitative estimate of drug-likeness (QED) is 0.631. The van der Waals surface area contributed by atoms with Gasteiger partial charge in [-0.25, -0.2) is 14.3 Å². The van der Waals surface area contributed by atoms with Crippen LogP contribution in [0.15, 0.2) is 24.3 Å². The summed E-state index contributed by atoms with van der Waals surface area (Å²) in [5.41, 5.74) is 2.48. The van der Waals surface area contributed by atoms with Gasteiger partial charge in [0.05, 0.1) is 30.1 Å². The molecule has 33 heavy (non-hydrogen) atoms. The van der Waals surface area contributed by atoms with Crippen LogP contribution in [-0.4, -0.2) is 52.6 Å². The minimum Gasteiger partial charge on any atom is -0.466 e. The zero-order valence-electron chi connectivity index (χ0n) is 19.9. The second kappa shape index (κ2) is 9.53. The summed E-state index contributed by atoms with van der Waals surface area (Å²) in [5, 5.41) is 14.6. The fourth-order valence-corrected chi connectivity index (χ4v) is 3.63. The van der Waals surface area contributed by atoms with Gasteiger partial charge in [0.25, 0.3) is 0 Å². The van der Waals surface area contributed by atoms with Crippen molar-refractivity contribution in [1.29, 1.82) is 5.26 Å². The number of hydrogen-bond acceptors (Lipinski definition) is 7. The molecule has 0 aliphatic carbocycles. The van der Waals surface area contributed by atoms with Gasteiger partial charge in [-0.2, -0.15) is 5.26 Å². The molecule has 0 radical (unpaired) electrons. The lowest BCUT2D eigenvalue weighted by Gasteiger charge is -2.33. The number of nitriles is 1. The van der Waals surface area contributed by atoms with E-state index in [1.165, 1.54) is 17.6 Å². The van der Waals surface area contributed by atoms with Gasteiger partial charge in [0.1, 0.15) is 5.60 Å². The Bertz CT molecular complexity index is 1060. The van der Waals surface area contributed by atoms with Gasteiger partial charge < -0.3 is 14.2 Å². The Hall–Kier alpha value is -3.54. The molecule has 2 heterocycles. The second-order valence-electron chi connectivity index (χ2n) is 9.14. The Morgan fingerprint density at radius 1 is 1.24 bits per heavy atom. The summed E-state index contributed by atoms with van der Waals surface area (Å²) in [5.74, 6) is -0.0778. The summed E-state index contributed by atoms with van der Waals surface area (Å²) in [6.07, 6.45) is -0.152. The molecular weight excluding hydrogens is 424 g/mol. The molecule has 0 spiro atoms. The molecule has 1 aliphatic heterocycles. The SMILES string of the molecule is COC(=O)COc1nn(-c2ccc(C(C)C)cc2)c2c1[C@H](C#N)N(C(=O)OC(C)(C)C)CC2. The molecule has 0 unspecified atom stereocenters. The molecule has 9 nitrogen and oxygen atoms in total. The number of aromatic nitrogens is 2. The smallest absolute Gasteiger partial charge is 0.411 e. The van der Waals surface area contributed by atoms with E-state index in [1.54, 1.807) is 25.5 Å². The molecule has 1 aromatic carbocycles. The molecule has 9 heteroatoms. The van der Waals surface area contributed by atoms with Crippen molar-refractivity contribution < 1.29 is 23.8 Å². The average Bonchev–Trinajstić information content (AvgIpc) is 3.14. The van der Waals surface area contributed by atoms with E-state index >= 15 is 0 Å². The van der Waals surface area contributed by atoms with Gasteiger partial charge in [-0.05, 0) is 44.4 Å². The van der Waals surface area contributed by atoms with E-state index in [4.69, 9.17) is 9.47 Å². The topological polar surface area (TPSA) is 107 Å². The van der Waals surface area contributed by atoms with Crippen LogP contribution in [0.3, 0.4) is 0 Å². The Morgan fingerprint density at radius 2 is 1.91 bits per heavy atom. The van der Waals surface area contributed by atoms with Crippen LogP contribution in [0.2, 0.25) is 0 Å². The molecule has 0 bridgehead atoms. The summed E-state index contributed by atoms with van der Waals surface area (Å²) in [6, 6.07) is 9.17. The fourth-order valence-electron chi connectivity index (χ4n) is 3.63. The molecule has 1 amide bonds. The van der Waals surface area contributed by atoms with E-state index in [0.29, 0.717) is 17.9 Å². The maximum atomic E-state index is 12.8. The first-order chi connectivity index (χ1) is 15.6. The molecule has 1 aromatic heterocycles. The van der Waals surface area contributed by atoms with Gasteiger partial charge in [0, 0.05) is 13.0 Å². The standard InChI is InChI=1S/C24H30N4O5/c1-15(2)16-7-9-17(10-8-16)28-18-11-12-27(23(30)33-24(3,4)5)19(13-25)21(18)22(26-28)32-14-20(29)31-6/h7-10,15,19H,11-12,14H2,1-6H3/t19-/m0/s1. The maximum absolute atomic E-state index is 12.8. The van der Waals surface area contributed by atoms with Gasteiger partial charge in [0.15, 0.2) is 12.6 Å². The summed E-state index contributed by atoms with van der Waals surface area (Å²) in [7, 11) is 1.26. The van der Waals surface area contributed by atoms with Crippen molar-refractivity contribution in [3.63, 3.8) is 0 Å². The van der Waals surface area contributed by atoms with Gasteiger partial charge in [0.2, 0.25) is 5.88 Å². The predicted octanol–water partition coefficient (Wildman–Crippen LogP) is 3.91. The number of carbonyl (C=O) groups excluding carboxylic acids is 2. The van der Waals surface area contributed by atoms with E-state index < -0.39 is 23.7 Å². The van der Waals surface area contributed by atoms with Crippen molar-refractivity contribution in [1.82, 2.24) is 14.7 Å². The summed E-state index contributed by atoms with van der Waals surface area (Å²) in [4.78, 5) is 25.9. The van der Waals surface area contributed by atoms with Crippen LogP contribution < -0.4 is 4.74 Å². The number of methoxy groups -OCH3 is 1. The van der Waals surface area contributed by atoms with E-state index in [1.807, 2.05) is 24.3 Å². The average molecular weight is 455 g/mol. The lowest BCUT2D eigenvalue weighted by atomic mass is 9.99. The number of benzene rings is 1. The van der Waals surface area contributed by atoms with Crippen LogP contribution in [-0.2, 0) is 20.7 Å². The van der Waals surface area contributed by atoms with E-state index in [9.17, 15) is 14.9 Å². The Balaban J connectivity index is 2.05. The van der Waals surface area contributed by atoms with Gasteiger partial charge in [-0.1, -0.05) is 26.0 Å². The highest BCUT2D eigenvalue weighted by atomic mass is 16.6.